The van der Waals surface area contributed by atoms with Crippen LogP contribution >= 0.6 is 0 Å². The fourth-order valence-electron chi connectivity index (χ4n) is 2.07. The van der Waals surface area contributed by atoms with Crippen molar-refractivity contribution in [2.45, 2.75) is 39.7 Å². The van der Waals surface area contributed by atoms with Crippen LogP contribution in [0, 0.1) is 5.41 Å². The number of rotatable bonds is 4. The number of sulfonamides is 1. The number of carbonyl (C=O) groups excluding carboxylic acids is 2. The van der Waals surface area contributed by atoms with Crippen LogP contribution in [-0.2, 0) is 19.6 Å². The van der Waals surface area contributed by atoms with Crippen LogP contribution in [0.3, 0.4) is 0 Å². The van der Waals surface area contributed by atoms with Crippen molar-refractivity contribution in [2.75, 3.05) is 25.9 Å². The van der Waals surface area contributed by atoms with Gasteiger partial charge < -0.3 is 10.6 Å². The van der Waals surface area contributed by atoms with Gasteiger partial charge in [0.25, 0.3) is 0 Å². The zero-order valence-corrected chi connectivity index (χ0v) is 13.9. The lowest BCUT2D eigenvalue weighted by molar-refractivity contribution is -0.131. The lowest BCUT2D eigenvalue weighted by Crippen LogP contribution is -2.51. The summed E-state index contributed by atoms with van der Waals surface area (Å²) in [6.45, 7) is 6.00. The summed E-state index contributed by atoms with van der Waals surface area (Å²) in [5.41, 5.74) is -0.543. The summed E-state index contributed by atoms with van der Waals surface area (Å²) in [6.07, 6.45) is 2.62. The highest BCUT2D eigenvalue weighted by Gasteiger charge is 2.27. The van der Waals surface area contributed by atoms with Gasteiger partial charge in [0.2, 0.25) is 21.8 Å². The first-order chi connectivity index (χ1) is 9.50. The minimum Gasteiger partial charge on any atom is -0.351 e. The van der Waals surface area contributed by atoms with Crippen molar-refractivity contribution < 1.29 is 18.0 Å². The standard InChI is InChI=1S/C13H25N3O4S/c1-13(2,3)12(18)14-8-11(17)15-10-6-5-7-16(9-10)21(4,19)20/h10H,5-9H2,1-4H3,(H,14,18)(H,15,17). The monoisotopic (exact) mass is 319 g/mol. The van der Waals surface area contributed by atoms with Gasteiger partial charge in [0.1, 0.15) is 0 Å². The molecule has 0 spiro atoms. The smallest absolute Gasteiger partial charge is 0.239 e. The summed E-state index contributed by atoms with van der Waals surface area (Å²) in [7, 11) is -3.23. The second-order valence-electron chi connectivity index (χ2n) is 6.46. The maximum absolute atomic E-state index is 11.8. The van der Waals surface area contributed by atoms with Crippen LogP contribution in [0.5, 0.6) is 0 Å². The highest BCUT2D eigenvalue weighted by molar-refractivity contribution is 7.88. The van der Waals surface area contributed by atoms with Crippen LogP contribution in [0.25, 0.3) is 0 Å². The van der Waals surface area contributed by atoms with Crippen LogP contribution < -0.4 is 10.6 Å². The minimum atomic E-state index is -3.23. The Hall–Kier alpha value is -1.15. The Labute approximate surface area is 126 Å². The molecular formula is C13H25N3O4S. The van der Waals surface area contributed by atoms with E-state index in [1.54, 1.807) is 20.8 Å². The number of carbonyl (C=O) groups is 2. The molecule has 122 valence electrons. The Morgan fingerprint density at radius 3 is 2.43 bits per heavy atom. The van der Waals surface area contributed by atoms with Crippen molar-refractivity contribution in [3.8, 4) is 0 Å². The Bertz CT molecular complexity index is 496. The molecule has 2 N–H and O–H groups in total. The molecule has 1 atom stereocenters. The largest absolute Gasteiger partial charge is 0.351 e. The molecule has 2 amide bonds. The first-order valence-electron chi connectivity index (χ1n) is 7.03. The highest BCUT2D eigenvalue weighted by atomic mass is 32.2. The number of hydrogen-bond donors (Lipinski definition) is 2. The normalized spacial score (nSPS) is 20.9. The van der Waals surface area contributed by atoms with E-state index in [2.05, 4.69) is 10.6 Å². The maximum atomic E-state index is 11.8. The quantitative estimate of drug-likeness (QED) is 0.743. The Morgan fingerprint density at radius 2 is 1.90 bits per heavy atom. The summed E-state index contributed by atoms with van der Waals surface area (Å²) in [6, 6.07) is -0.201. The molecule has 0 aromatic carbocycles. The van der Waals surface area contributed by atoms with E-state index >= 15 is 0 Å². The van der Waals surface area contributed by atoms with E-state index < -0.39 is 15.4 Å². The van der Waals surface area contributed by atoms with Crippen molar-refractivity contribution in [2.24, 2.45) is 5.41 Å². The summed E-state index contributed by atoms with van der Waals surface area (Å²) >= 11 is 0. The Kier molecular flexibility index (Phi) is 5.75. The molecule has 21 heavy (non-hydrogen) atoms. The van der Waals surface area contributed by atoms with E-state index in [0.717, 1.165) is 6.42 Å². The third-order valence-corrected chi connectivity index (χ3v) is 4.58. The number of nitrogens with one attached hydrogen (secondary N) is 2. The molecule has 0 saturated carbocycles. The first kappa shape index (κ1) is 17.9. The van der Waals surface area contributed by atoms with Gasteiger partial charge in [0.05, 0.1) is 12.8 Å². The number of piperidine rings is 1. The van der Waals surface area contributed by atoms with Crippen molar-refractivity contribution >= 4 is 21.8 Å². The third-order valence-electron chi connectivity index (χ3n) is 3.31. The maximum Gasteiger partial charge on any atom is 0.239 e. The molecule has 0 bridgehead atoms. The van der Waals surface area contributed by atoms with Gasteiger partial charge in [-0.2, -0.15) is 0 Å². The van der Waals surface area contributed by atoms with Gasteiger partial charge in [-0.3, -0.25) is 9.59 Å². The Morgan fingerprint density at radius 1 is 1.29 bits per heavy atom. The van der Waals surface area contributed by atoms with E-state index in [-0.39, 0.29) is 30.9 Å². The van der Waals surface area contributed by atoms with Crippen molar-refractivity contribution in [3.63, 3.8) is 0 Å². The van der Waals surface area contributed by atoms with E-state index in [0.29, 0.717) is 13.0 Å². The molecule has 7 nitrogen and oxygen atoms in total. The molecule has 1 unspecified atom stereocenters. The molecule has 1 aliphatic rings. The second kappa shape index (κ2) is 6.74. The molecule has 1 heterocycles. The van der Waals surface area contributed by atoms with Gasteiger partial charge in [-0.15, -0.1) is 0 Å². The molecule has 0 aliphatic carbocycles. The van der Waals surface area contributed by atoms with Crippen LogP contribution in [-0.4, -0.2) is 56.5 Å². The van der Waals surface area contributed by atoms with E-state index in [1.807, 2.05) is 0 Å². The second-order valence-corrected chi connectivity index (χ2v) is 8.44. The minimum absolute atomic E-state index is 0.0918. The summed E-state index contributed by atoms with van der Waals surface area (Å²) in [5, 5.41) is 5.34. The van der Waals surface area contributed by atoms with Gasteiger partial charge >= 0.3 is 0 Å². The topological polar surface area (TPSA) is 95.6 Å². The van der Waals surface area contributed by atoms with Gasteiger partial charge in [0, 0.05) is 24.5 Å². The number of amides is 2. The highest BCUT2D eigenvalue weighted by Crippen LogP contribution is 2.13. The molecular weight excluding hydrogens is 294 g/mol. The third kappa shape index (κ3) is 6.01. The van der Waals surface area contributed by atoms with E-state index in [9.17, 15) is 18.0 Å². The molecule has 1 saturated heterocycles. The lowest BCUT2D eigenvalue weighted by Gasteiger charge is -2.31. The average molecular weight is 319 g/mol. The van der Waals surface area contributed by atoms with E-state index in [1.165, 1.54) is 10.6 Å². The predicted molar refractivity (Wildman–Crippen MR) is 80.0 cm³/mol. The Balaban J connectivity index is 2.43. The fraction of sp³-hybridized carbons (Fsp3) is 0.846. The van der Waals surface area contributed by atoms with Crippen LogP contribution in [0.15, 0.2) is 0 Å². The fourth-order valence-corrected chi connectivity index (χ4v) is 2.98. The molecule has 8 heteroatoms. The van der Waals surface area contributed by atoms with Gasteiger partial charge in [-0.25, -0.2) is 12.7 Å². The van der Waals surface area contributed by atoms with Crippen molar-refractivity contribution in [1.29, 1.82) is 0 Å². The van der Waals surface area contributed by atoms with Crippen molar-refractivity contribution in [3.05, 3.63) is 0 Å². The molecule has 0 aromatic rings. The summed E-state index contributed by atoms with van der Waals surface area (Å²) < 4.78 is 24.4. The van der Waals surface area contributed by atoms with Crippen LogP contribution in [0.4, 0.5) is 0 Å². The summed E-state index contributed by atoms with van der Waals surface area (Å²) in [4.78, 5) is 23.5. The number of hydrogen-bond acceptors (Lipinski definition) is 4. The van der Waals surface area contributed by atoms with Crippen LogP contribution in [0.2, 0.25) is 0 Å². The zero-order chi connectivity index (χ0) is 16.3. The average Bonchev–Trinajstić information content (AvgIpc) is 2.34. The van der Waals surface area contributed by atoms with Gasteiger partial charge in [-0.1, -0.05) is 20.8 Å². The molecule has 0 radical (unpaired) electrons. The molecule has 1 aliphatic heterocycles. The molecule has 0 aromatic heterocycles. The number of nitrogens with zero attached hydrogens (tertiary/aromatic N) is 1. The summed E-state index contributed by atoms with van der Waals surface area (Å²) in [5.74, 6) is -0.494. The van der Waals surface area contributed by atoms with Crippen molar-refractivity contribution in [1.82, 2.24) is 14.9 Å². The molecule has 1 rings (SSSR count). The molecule has 1 fully saturated rings. The predicted octanol–water partition coefficient (Wildman–Crippen LogP) is -0.311. The van der Waals surface area contributed by atoms with Crippen LogP contribution in [0.1, 0.15) is 33.6 Å². The van der Waals surface area contributed by atoms with Gasteiger partial charge in [-0.05, 0) is 12.8 Å². The van der Waals surface area contributed by atoms with E-state index in [4.69, 9.17) is 0 Å². The first-order valence-corrected chi connectivity index (χ1v) is 8.88. The van der Waals surface area contributed by atoms with Gasteiger partial charge in [0.15, 0.2) is 0 Å². The zero-order valence-electron chi connectivity index (χ0n) is 13.1. The lowest BCUT2D eigenvalue weighted by atomic mass is 9.96. The SMILES string of the molecule is CC(C)(C)C(=O)NCC(=O)NC1CCCN(S(C)(=O)=O)C1.